The van der Waals surface area contributed by atoms with Gasteiger partial charge < -0.3 is 5.73 Å². The molecule has 0 unspecified atom stereocenters. The Morgan fingerprint density at radius 1 is 1.06 bits per heavy atom. The van der Waals surface area contributed by atoms with Gasteiger partial charge >= 0.3 is 0 Å². The van der Waals surface area contributed by atoms with Crippen molar-refractivity contribution >= 4 is 17.3 Å². The SMILES string of the molecule is N/C(=C\Cc1cccc(Cl)c1)c1ccccc1. The topological polar surface area (TPSA) is 26.0 Å². The van der Waals surface area contributed by atoms with Gasteiger partial charge in [-0.15, -0.1) is 0 Å². The average Bonchev–Trinajstić information content (AvgIpc) is 2.37. The first-order chi connectivity index (χ1) is 8.25. The van der Waals surface area contributed by atoms with E-state index in [0.29, 0.717) is 0 Å². The molecule has 1 nitrogen and oxygen atoms in total. The predicted molar refractivity (Wildman–Crippen MR) is 73.8 cm³/mol. The zero-order valence-corrected chi connectivity index (χ0v) is 10.2. The van der Waals surface area contributed by atoms with Crippen LogP contribution in [0.2, 0.25) is 5.02 Å². The maximum absolute atomic E-state index is 6.01. The van der Waals surface area contributed by atoms with Crippen LogP contribution in [0.5, 0.6) is 0 Å². The van der Waals surface area contributed by atoms with Crippen molar-refractivity contribution in [2.45, 2.75) is 6.42 Å². The van der Waals surface area contributed by atoms with Gasteiger partial charge in [-0.1, -0.05) is 60.1 Å². The van der Waals surface area contributed by atoms with E-state index in [2.05, 4.69) is 0 Å². The predicted octanol–water partition coefficient (Wildman–Crippen LogP) is 3.88. The van der Waals surface area contributed by atoms with Crippen LogP contribution in [0.4, 0.5) is 0 Å². The van der Waals surface area contributed by atoms with Crippen molar-refractivity contribution in [1.82, 2.24) is 0 Å². The molecule has 0 bridgehead atoms. The van der Waals surface area contributed by atoms with E-state index in [0.717, 1.165) is 28.3 Å². The van der Waals surface area contributed by atoms with Crippen LogP contribution < -0.4 is 5.73 Å². The van der Waals surface area contributed by atoms with Gasteiger partial charge in [-0.2, -0.15) is 0 Å². The van der Waals surface area contributed by atoms with Gasteiger partial charge in [0.05, 0.1) is 0 Å². The second kappa shape index (κ2) is 5.55. The van der Waals surface area contributed by atoms with Gasteiger partial charge in [-0.05, 0) is 29.7 Å². The highest BCUT2D eigenvalue weighted by molar-refractivity contribution is 6.30. The van der Waals surface area contributed by atoms with E-state index in [1.807, 2.05) is 60.7 Å². The molecule has 2 rings (SSSR count). The van der Waals surface area contributed by atoms with Crippen LogP contribution in [0.15, 0.2) is 60.7 Å². The first-order valence-corrected chi connectivity index (χ1v) is 5.89. The Morgan fingerprint density at radius 3 is 2.53 bits per heavy atom. The number of rotatable bonds is 3. The molecule has 0 atom stereocenters. The average molecular weight is 244 g/mol. The summed E-state index contributed by atoms with van der Waals surface area (Å²) in [6, 6.07) is 17.8. The lowest BCUT2D eigenvalue weighted by atomic mass is 10.1. The van der Waals surface area contributed by atoms with Crippen LogP contribution in [0.25, 0.3) is 5.70 Å². The van der Waals surface area contributed by atoms with Crippen LogP contribution >= 0.6 is 11.6 Å². The van der Waals surface area contributed by atoms with Crippen LogP contribution in [0.3, 0.4) is 0 Å². The third kappa shape index (κ3) is 3.36. The maximum atomic E-state index is 6.01. The maximum Gasteiger partial charge on any atom is 0.0408 e. The zero-order chi connectivity index (χ0) is 12.1. The van der Waals surface area contributed by atoms with Crippen molar-refractivity contribution in [3.8, 4) is 0 Å². The van der Waals surface area contributed by atoms with Gasteiger partial charge in [0.25, 0.3) is 0 Å². The lowest BCUT2D eigenvalue weighted by molar-refractivity contribution is 1.26. The molecular weight excluding hydrogens is 230 g/mol. The summed E-state index contributed by atoms with van der Waals surface area (Å²) in [6.45, 7) is 0. The highest BCUT2D eigenvalue weighted by Crippen LogP contribution is 2.13. The number of hydrogen-bond acceptors (Lipinski definition) is 1. The number of halogens is 1. The van der Waals surface area contributed by atoms with Crippen molar-refractivity contribution in [2.75, 3.05) is 0 Å². The van der Waals surface area contributed by atoms with Crippen molar-refractivity contribution < 1.29 is 0 Å². The highest BCUT2D eigenvalue weighted by atomic mass is 35.5. The third-order valence-corrected chi connectivity index (χ3v) is 2.79. The fraction of sp³-hybridized carbons (Fsp3) is 0.0667. The second-order valence-corrected chi connectivity index (χ2v) is 4.30. The Bertz CT molecular complexity index is 517. The molecule has 0 amide bonds. The van der Waals surface area contributed by atoms with Gasteiger partial charge in [0, 0.05) is 10.7 Å². The summed E-state index contributed by atoms with van der Waals surface area (Å²) in [4.78, 5) is 0. The Balaban J connectivity index is 2.11. The van der Waals surface area contributed by atoms with Crippen LogP contribution in [0, 0.1) is 0 Å². The number of benzene rings is 2. The smallest absolute Gasteiger partial charge is 0.0408 e. The summed E-state index contributed by atoms with van der Waals surface area (Å²) in [5, 5.41) is 0.759. The zero-order valence-electron chi connectivity index (χ0n) is 9.44. The van der Waals surface area contributed by atoms with Gasteiger partial charge in [0.2, 0.25) is 0 Å². The van der Waals surface area contributed by atoms with E-state index in [-0.39, 0.29) is 0 Å². The van der Waals surface area contributed by atoms with E-state index in [1.165, 1.54) is 0 Å². The minimum Gasteiger partial charge on any atom is -0.398 e. The van der Waals surface area contributed by atoms with E-state index in [9.17, 15) is 0 Å². The molecule has 0 spiro atoms. The molecule has 0 aliphatic carbocycles. The molecule has 0 radical (unpaired) electrons. The molecule has 0 aromatic heterocycles. The Kier molecular flexibility index (Phi) is 3.84. The highest BCUT2D eigenvalue weighted by Gasteiger charge is 1.96. The molecule has 0 saturated carbocycles. The quantitative estimate of drug-likeness (QED) is 0.870. The lowest BCUT2D eigenvalue weighted by Gasteiger charge is -2.02. The largest absolute Gasteiger partial charge is 0.398 e. The third-order valence-electron chi connectivity index (χ3n) is 2.55. The summed E-state index contributed by atoms with van der Waals surface area (Å²) in [6.07, 6.45) is 2.81. The Morgan fingerprint density at radius 2 is 1.82 bits per heavy atom. The summed E-state index contributed by atoms with van der Waals surface area (Å²) < 4.78 is 0. The number of nitrogens with two attached hydrogens (primary N) is 1. The molecular formula is C15H14ClN. The van der Waals surface area contributed by atoms with Crippen molar-refractivity contribution in [3.63, 3.8) is 0 Å². The molecule has 0 fully saturated rings. The molecule has 2 aromatic rings. The van der Waals surface area contributed by atoms with Gasteiger partial charge in [-0.25, -0.2) is 0 Å². The van der Waals surface area contributed by atoms with Gasteiger partial charge in [0.1, 0.15) is 0 Å². The van der Waals surface area contributed by atoms with E-state index >= 15 is 0 Å². The van der Waals surface area contributed by atoms with Crippen LogP contribution in [-0.4, -0.2) is 0 Å². The molecule has 0 heterocycles. The summed E-state index contributed by atoms with van der Waals surface area (Å²) >= 11 is 5.93. The van der Waals surface area contributed by atoms with Crippen molar-refractivity contribution in [1.29, 1.82) is 0 Å². The molecule has 0 aliphatic heterocycles. The summed E-state index contributed by atoms with van der Waals surface area (Å²) in [5.74, 6) is 0. The summed E-state index contributed by atoms with van der Waals surface area (Å²) in [5.41, 5.74) is 9.02. The number of hydrogen-bond donors (Lipinski definition) is 1. The first-order valence-electron chi connectivity index (χ1n) is 5.51. The monoisotopic (exact) mass is 243 g/mol. The molecule has 0 aliphatic rings. The second-order valence-electron chi connectivity index (χ2n) is 3.86. The van der Waals surface area contributed by atoms with E-state index < -0.39 is 0 Å². The lowest BCUT2D eigenvalue weighted by Crippen LogP contribution is -1.96. The number of allylic oxidation sites excluding steroid dienone is 1. The van der Waals surface area contributed by atoms with Crippen molar-refractivity contribution in [2.24, 2.45) is 5.73 Å². The molecule has 0 saturated heterocycles. The molecule has 2 heteroatoms. The normalized spacial score (nSPS) is 11.5. The fourth-order valence-corrected chi connectivity index (χ4v) is 1.85. The van der Waals surface area contributed by atoms with E-state index in [4.69, 9.17) is 17.3 Å². The first kappa shape index (κ1) is 11.7. The van der Waals surface area contributed by atoms with Crippen molar-refractivity contribution in [3.05, 3.63) is 76.8 Å². The van der Waals surface area contributed by atoms with Gasteiger partial charge in [0.15, 0.2) is 0 Å². The molecule has 86 valence electrons. The van der Waals surface area contributed by atoms with Crippen LogP contribution in [-0.2, 0) is 6.42 Å². The minimum absolute atomic E-state index is 0.759. The molecule has 2 N–H and O–H groups in total. The molecule has 17 heavy (non-hydrogen) atoms. The fourth-order valence-electron chi connectivity index (χ4n) is 1.64. The van der Waals surface area contributed by atoms with Crippen LogP contribution in [0.1, 0.15) is 11.1 Å². The Hall–Kier alpha value is -1.73. The summed E-state index contributed by atoms with van der Waals surface area (Å²) in [7, 11) is 0. The standard InChI is InChI=1S/C15H14ClN/c16-14-8-4-5-12(11-14)9-10-15(17)13-6-2-1-3-7-13/h1-8,10-11H,9,17H2/b15-10-. The Labute approximate surface area is 107 Å². The van der Waals surface area contributed by atoms with E-state index in [1.54, 1.807) is 0 Å². The van der Waals surface area contributed by atoms with Gasteiger partial charge in [-0.3, -0.25) is 0 Å². The molecule has 2 aromatic carbocycles. The minimum atomic E-state index is 0.759.